The van der Waals surface area contributed by atoms with E-state index >= 15 is 0 Å². The van der Waals surface area contributed by atoms with Gasteiger partial charge in [-0.1, -0.05) is 41.9 Å². The molecule has 6 heteroatoms. The smallest absolute Gasteiger partial charge is 0.251 e. The Hall–Kier alpha value is -3.31. The van der Waals surface area contributed by atoms with Crippen molar-refractivity contribution in [3.63, 3.8) is 0 Å². The molecule has 0 aliphatic carbocycles. The molecule has 1 atom stereocenters. The molecule has 3 aromatic carbocycles. The molecule has 1 aromatic heterocycles. The predicted molar refractivity (Wildman–Crippen MR) is 119 cm³/mol. The Bertz CT molecular complexity index is 1170. The fraction of sp³-hybridized carbons (Fsp3) is 0.167. The van der Waals surface area contributed by atoms with Crippen LogP contribution in [0.25, 0.3) is 10.9 Å². The van der Waals surface area contributed by atoms with Crippen molar-refractivity contribution in [3.05, 3.63) is 94.6 Å². The molecule has 0 aliphatic heterocycles. The molecule has 1 N–H and O–H groups in total. The third-order valence-electron chi connectivity index (χ3n) is 5.12. The van der Waals surface area contributed by atoms with Gasteiger partial charge in [0, 0.05) is 16.0 Å². The van der Waals surface area contributed by atoms with E-state index in [1.165, 1.54) is 0 Å². The summed E-state index contributed by atoms with van der Waals surface area (Å²) >= 11 is 5.97. The molecule has 0 aliphatic rings. The van der Waals surface area contributed by atoms with Gasteiger partial charge in [-0.3, -0.25) is 9.48 Å². The van der Waals surface area contributed by atoms with Crippen molar-refractivity contribution in [3.8, 4) is 5.75 Å². The third-order valence-corrected chi connectivity index (χ3v) is 5.37. The molecule has 5 nitrogen and oxygen atoms in total. The number of carbonyl (C=O) groups is 1. The van der Waals surface area contributed by atoms with E-state index in [2.05, 4.69) is 10.4 Å². The number of aromatic nitrogens is 2. The molecule has 0 spiro atoms. The van der Waals surface area contributed by atoms with E-state index in [-0.39, 0.29) is 11.9 Å². The van der Waals surface area contributed by atoms with E-state index in [0.717, 1.165) is 27.8 Å². The number of halogens is 1. The molecule has 0 saturated heterocycles. The minimum Gasteiger partial charge on any atom is -0.497 e. The van der Waals surface area contributed by atoms with Gasteiger partial charge in [0.1, 0.15) is 5.75 Å². The summed E-state index contributed by atoms with van der Waals surface area (Å²) in [5.41, 5.74) is 3.61. The van der Waals surface area contributed by atoms with Crippen LogP contribution in [0.5, 0.6) is 5.75 Å². The van der Waals surface area contributed by atoms with Crippen LogP contribution in [0, 0.1) is 0 Å². The zero-order chi connectivity index (χ0) is 21.1. The monoisotopic (exact) mass is 419 g/mol. The van der Waals surface area contributed by atoms with E-state index in [4.69, 9.17) is 16.3 Å². The van der Waals surface area contributed by atoms with E-state index < -0.39 is 0 Å². The maximum atomic E-state index is 12.8. The van der Waals surface area contributed by atoms with Crippen LogP contribution in [-0.2, 0) is 6.54 Å². The summed E-state index contributed by atoms with van der Waals surface area (Å²) < 4.78 is 7.08. The van der Waals surface area contributed by atoms with Crippen molar-refractivity contribution in [1.29, 1.82) is 0 Å². The van der Waals surface area contributed by atoms with Crippen molar-refractivity contribution in [2.75, 3.05) is 7.11 Å². The summed E-state index contributed by atoms with van der Waals surface area (Å²) in [6.45, 7) is 2.57. The summed E-state index contributed by atoms with van der Waals surface area (Å²) in [6.07, 6.45) is 1.81. The molecule has 152 valence electrons. The number of carbonyl (C=O) groups excluding carboxylic acids is 1. The molecule has 4 aromatic rings. The number of nitrogens with zero attached hydrogens (tertiary/aromatic N) is 2. The summed E-state index contributed by atoms with van der Waals surface area (Å²) in [4.78, 5) is 12.8. The molecule has 1 unspecified atom stereocenters. The number of benzene rings is 3. The van der Waals surface area contributed by atoms with Crippen molar-refractivity contribution < 1.29 is 9.53 Å². The maximum Gasteiger partial charge on any atom is 0.251 e. The number of nitrogens with one attached hydrogen (secondary N) is 1. The second-order valence-electron chi connectivity index (χ2n) is 7.17. The first-order valence-corrected chi connectivity index (χ1v) is 10.1. The Morgan fingerprint density at radius 1 is 1.10 bits per heavy atom. The molecule has 30 heavy (non-hydrogen) atoms. The molecule has 0 fully saturated rings. The van der Waals surface area contributed by atoms with Crippen molar-refractivity contribution in [2.24, 2.45) is 0 Å². The van der Waals surface area contributed by atoms with Gasteiger partial charge in [0.2, 0.25) is 0 Å². The first-order chi connectivity index (χ1) is 14.5. The summed E-state index contributed by atoms with van der Waals surface area (Å²) in [6, 6.07) is 20.9. The van der Waals surface area contributed by atoms with Gasteiger partial charge in [0.05, 0.1) is 31.4 Å². The average Bonchev–Trinajstić information content (AvgIpc) is 3.17. The second kappa shape index (κ2) is 8.59. The Morgan fingerprint density at radius 2 is 1.83 bits per heavy atom. The predicted octanol–water partition coefficient (Wildman–Crippen LogP) is 5.24. The van der Waals surface area contributed by atoms with Gasteiger partial charge in [0.15, 0.2) is 0 Å². The van der Waals surface area contributed by atoms with Gasteiger partial charge in [-0.25, -0.2) is 0 Å². The SMILES string of the molecule is COc1ccc(C(C)NC(=O)c2ccc3cnn(Cc4ccc(Cl)cc4)c3c2)cc1. The number of ether oxygens (including phenoxy) is 1. The quantitative estimate of drug-likeness (QED) is 0.465. The summed E-state index contributed by atoms with van der Waals surface area (Å²) in [5.74, 6) is 0.663. The van der Waals surface area contributed by atoms with E-state index in [0.29, 0.717) is 17.1 Å². The third kappa shape index (κ3) is 4.31. The van der Waals surface area contributed by atoms with Gasteiger partial charge < -0.3 is 10.1 Å². The molecule has 0 bridgehead atoms. The zero-order valence-corrected chi connectivity index (χ0v) is 17.6. The molecule has 0 radical (unpaired) electrons. The summed E-state index contributed by atoms with van der Waals surface area (Å²) in [5, 5.41) is 9.23. The average molecular weight is 420 g/mol. The highest BCUT2D eigenvalue weighted by molar-refractivity contribution is 6.30. The van der Waals surface area contributed by atoms with E-state index in [9.17, 15) is 4.79 Å². The Kier molecular flexibility index (Phi) is 5.72. The van der Waals surface area contributed by atoms with Crippen molar-refractivity contribution in [2.45, 2.75) is 19.5 Å². The highest BCUT2D eigenvalue weighted by Gasteiger charge is 2.14. The van der Waals surface area contributed by atoms with Crippen LogP contribution >= 0.6 is 11.6 Å². The van der Waals surface area contributed by atoms with Gasteiger partial charge in [-0.15, -0.1) is 0 Å². The lowest BCUT2D eigenvalue weighted by atomic mass is 10.1. The molecular weight excluding hydrogens is 398 g/mol. The molecule has 1 amide bonds. The van der Waals surface area contributed by atoms with Crippen LogP contribution in [0.15, 0.2) is 72.9 Å². The second-order valence-corrected chi connectivity index (χ2v) is 7.61. The summed E-state index contributed by atoms with van der Waals surface area (Å²) in [7, 11) is 1.63. The zero-order valence-electron chi connectivity index (χ0n) is 16.8. The van der Waals surface area contributed by atoms with Crippen molar-refractivity contribution >= 4 is 28.4 Å². The number of hydrogen-bond donors (Lipinski definition) is 1. The Balaban J connectivity index is 1.53. The first kappa shape index (κ1) is 20.0. The highest BCUT2D eigenvalue weighted by atomic mass is 35.5. The molecule has 0 saturated carbocycles. The van der Waals surface area contributed by atoms with Gasteiger partial charge in [-0.05, 0) is 54.4 Å². The van der Waals surface area contributed by atoms with Crippen LogP contribution in [0.4, 0.5) is 0 Å². The topological polar surface area (TPSA) is 56.1 Å². The Labute approximate surface area is 180 Å². The molecule has 4 rings (SSSR count). The van der Waals surface area contributed by atoms with Crippen LogP contribution in [0.3, 0.4) is 0 Å². The number of rotatable bonds is 6. The van der Waals surface area contributed by atoms with Crippen molar-refractivity contribution in [1.82, 2.24) is 15.1 Å². The standard InChI is InChI=1S/C24H22ClN3O2/c1-16(18-7-11-22(30-2)12-8-18)27-24(29)19-5-6-20-14-26-28(23(20)13-19)15-17-3-9-21(25)10-4-17/h3-14,16H,15H2,1-2H3,(H,27,29). The highest BCUT2D eigenvalue weighted by Crippen LogP contribution is 2.20. The maximum absolute atomic E-state index is 12.8. The van der Waals surface area contributed by atoms with Gasteiger partial charge in [-0.2, -0.15) is 5.10 Å². The van der Waals surface area contributed by atoms with Crippen LogP contribution < -0.4 is 10.1 Å². The lowest BCUT2D eigenvalue weighted by Gasteiger charge is -2.15. The Morgan fingerprint density at radius 3 is 2.53 bits per heavy atom. The number of fused-ring (bicyclic) bond motifs is 1. The normalized spacial score (nSPS) is 12.0. The van der Waals surface area contributed by atoms with Crippen LogP contribution in [0.1, 0.15) is 34.5 Å². The fourth-order valence-electron chi connectivity index (χ4n) is 3.36. The largest absolute Gasteiger partial charge is 0.497 e. The minimum atomic E-state index is -0.127. The van der Waals surface area contributed by atoms with E-state index in [1.54, 1.807) is 7.11 Å². The number of amides is 1. The van der Waals surface area contributed by atoms with Gasteiger partial charge in [0.25, 0.3) is 5.91 Å². The lowest BCUT2D eigenvalue weighted by molar-refractivity contribution is 0.0940. The van der Waals surface area contributed by atoms with E-state index in [1.807, 2.05) is 84.5 Å². The van der Waals surface area contributed by atoms with Crippen LogP contribution in [-0.4, -0.2) is 22.8 Å². The lowest BCUT2D eigenvalue weighted by Crippen LogP contribution is -2.26. The molecule has 1 heterocycles. The number of methoxy groups -OCH3 is 1. The van der Waals surface area contributed by atoms with Crippen LogP contribution in [0.2, 0.25) is 5.02 Å². The first-order valence-electron chi connectivity index (χ1n) is 9.68. The molecular formula is C24H22ClN3O2. The minimum absolute atomic E-state index is 0.125. The van der Waals surface area contributed by atoms with Gasteiger partial charge >= 0.3 is 0 Å². The number of hydrogen-bond acceptors (Lipinski definition) is 3. The fourth-order valence-corrected chi connectivity index (χ4v) is 3.48.